The summed E-state index contributed by atoms with van der Waals surface area (Å²) in [6.45, 7) is 0. The van der Waals surface area contributed by atoms with Gasteiger partial charge >= 0.3 is 0 Å². The van der Waals surface area contributed by atoms with Gasteiger partial charge in [-0.1, -0.05) is 72.8 Å². The predicted octanol–water partition coefficient (Wildman–Crippen LogP) is 7.38. The van der Waals surface area contributed by atoms with Crippen LogP contribution in [0.4, 0.5) is 5.69 Å². The Balaban J connectivity index is 1.64. The minimum atomic E-state index is 0.800. The summed E-state index contributed by atoms with van der Waals surface area (Å²) in [6, 6.07) is 29.4. The molecule has 5 rings (SSSR count). The molecule has 0 radical (unpaired) electrons. The van der Waals surface area contributed by atoms with Crippen molar-refractivity contribution >= 4 is 28.3 Å². The molecule has 3 heteroatoms. The fraction of sp³-hybridized carbons (Fsp3) is 0.114. The minimum Gasteiger partial charge on any atom is -0.457 e. The van der Waals surface area contributed by atoms with Crippen molar-refractivity contribution in [1.29, 1.82) is 0 Å². The van der Waals surface area contributed by atoms with Crippen molar-refractivity contribution in [2.75, 3.05) is 33.1 Å². The van der Waals surface area contributed by atoms with Crippen LogP contribution in [0.15, 0.2) is 139 Å². The van der Waals surface area contributed by atoms with Crippen LogP contribution in [0.1, 0.15) is 16.7 Å². The molecular weight excluding hydrogens is 464 g/mol. The van der Waals surface area contributed by atoms with Crippen LogP contribution in [0, 0.1) is 0 Å². The van der Waals surface area contributed by atoms with E-state index in [1.807, 2.05) is 24.3 Å². The monoisotopic (exact) mass is 497 g/mol. The van der Waals surface area contributed by atoms with Crippen molar-refractivity contribution in [2.24, 2.45) is 0 Å². The van der Waals surface area contributed by atoms with E-state index in [1.165, 1.54) is 0 Å². The summed E-state index contributed by atoms with van der Waals surface area (Å²) in [5, 5.41) is 0. The predicted molar refractivity (Wildman–Crippen MR) is 161 cm³/mol. The summed E-state index contributed by atoms with van der Waals surface area (Å²) in [5.74, 6) is 1.64. The molecule has 0 spiro atoms. The zero-order chi connectivity index (χ0) is 26.5. The van der Waals surface area contributed by atoms with Crippen LogP contribution in [0.25, 0.3) is 16.9 Å². The van der Waals surface area contributed by atoms with Gasteiger partial charge in [-0.3, -0.25) is 0 Å². The molecule has 2 aliphatic rings. The van der Waals surface area contributed by atoms with Crippen LogP contribution in [0.5, 0.6) is 0 Å². The average molecular weight is 498 g/mol. The maximum Gasteiger partial charge on any atom is 0.199 e. The van der Waals surface area contributed by atoms with Gasteiger partial charge in [-0.2, -0.15) is 0 Å². The molecule has 0 unspecified atom stereocenters. The van der Waals surface area contributed by atoms with Crippen molar-refractivity contribution in [1.82, 2.24) is 0 Å². The van der Waals surface area contributed by atoms with Gasteiger partial charge < -0.3 is 9.64 Å². The number of hydrogen-bond donors (Lipinski definition) is 0. The quantitative estimate of drug-likeness (QED) is 0.342. The Morgan fingerprint density at radius 1 is 0.711 bits per heavy atom. The Morgan fingerprint density at radius 3 is 1.89 bits per heavy atom. The molecule has 1 aliphatic carbocycles. The van der Waals surface area contributed by atoms with E-state index in [9.17, 15) is 0 Å². The van der Waals surface area contributed by atoms with E-state index in [0.717, 1.165) is 56.3 Å². The maximum atomic E-state index is 6.53. The Morgan fingerprint density at radius 2 is 1.32 bits per heavy atom. The first-order valence-corrected chi connectivity index (χ1v) is 12.8. The molecule has 3 nitrogen and oxygen atoms in total. The van der Waals surface area contributed by atoms with E-state index in [-0.39, 0.29) is 0 Å². The summed E-state index contributed by atoms with van der Waals surface area (Å²) < 4.78 is 8.65. The summed E-state index contributed by atoms with van der Waals surface area (Å²) in [5.41, 5.74) is 9.02. The van der Waals surface area contributed by atoms with Gasteiger partial charge in [0.2, 0.25) is 0 Å². The van der Waals surface area contributed by atoms with Gasteiger partial charge in [-0.15, -0.1) is 0 Å². The molecule has 0 bridgehead atoms. The van der Waals surface area contributed by atoms with Crippen LogP contribution >= 0.6 is 0 Å². The molecule has 0 N–H and O–H groups in total. The molecule has 1 heterocycles. The second kappa shape index (κ2) is 11.2. The lowest BCUT2D eigenvalue weighted by Gasteiger charge is -2.20. The second-order valence-corrected chi connectivity index (χ2v) is 9.79. The highest BCUT2D eigenvalue weighted by Gasteiger charge is 2.17. The van der Waals surface area contributed by atoms with Gasteiger partial charge in [0.15, 0.2) is 5.71 Å². The molecule has 3 aromatic carbocycles. The molecule has 0 fully saturated rings. The first-order chi connectivity index (χ1) is 18.5. The molecule has 38 heavy (non-hydrogen) atoms. The first kappa shape index (κ1) is 25.0. The Hall–Kier alpha value is -4.63. The van der Waals surface area contributed by atoms with Crippen molar-refractivity contribution in [3.05, 3.63) is 155 Å². The maximum absolute atomic E-state index is 6.53. The molecule has 0 aromatic heterocycles. The van der Waals surface area contributed by atoms with Gasteiger partial charge in [-0.25, -0.2) is 4.58 Å². The molecule has 1 aliphatic heterocycles. The minimum absolute atomic E-state index is 0.800. The molecule has 0 amide bonds. The fourth-order valence-electron chi connectivity index (χ4n) is 4.49. The van der Waals surface area contributed by atoms with E-state index in [2.05, 4.69) is 141 Å². The van der Waals surface area contributed by atoms with E-state index < -0.39 is 0 Å². The summed E-state index contributed by atoms with van der Waals surface area (Å²) in [7, 11) is 8.24. The summed E-state index contributed by atoms with van der Waals surface area (Å²) in [4.78, 5) is 2.11. The van der Waals surface area contributed by atoms with Crippen LogP contribution in [-0.4, -0.2) is 38.5 Å². The van der Waals surface area contributed by atoms with Crippen molar-refractivity contribution in [3.63, 3.8) is 0 Å². The third kappa shape index (κ3) is 5.68. The van der Waals surface area contributed by atoms with Gasteiger partial charge in [-0.05, 0) is 70.4 Å². The second-order valence-electron chi connectivity index (χ2n) is 9.79. The van der Waals surface area contributed by atoms with Crippen molar-refractivity contribution < 1.29 is 9.31 Å². The smallest absolute Gasteiger partial charge is 0.199 e. The number of allylic oxidation sites excluding steroid dienone is 10. The number of nitrogens with zero attached hydrogens (tertiary/aromatic N) is 2. The average Bonchev–Trinajstić information content (AvgIpc) is 2.97. The van der Waals surface area contributed by atoms with Crippen molar-refractivity contribution in [3.8, 4) is 0 Å². The topological polar surface area (TPSA) is 15.5 Å². The van der Waals surface area contributed by atoms with E-state index in [4.69, 9.17) is 4.74 Å². The molecular formula is C35H33N2O+. The zero-order valence-electron chi connectivity index (χ0n) is 22.4. The number of rotatable bonds is 5. The highest BCUT2D eigenvalue weighted by Crippen LogP contribution is 2.34. The lowest BCUT2D eigenvalue weighted by atomic mass is 9.94. The van der Waals surface area contributed by atoms with Gasteiger partial charge in [0.25, 0.3) is 0 Å². The zero-order valence-corrected chi connectivity index (χ0v) is 22.4. The number of hydrogen-bond acceptors (Lipinski definition) is 2. The highest BCUT2D eigenvalue weighted by atomic mass is 16.5. The number of anilines is 1. The third-order valence-electron chi connectivity index (χ3n) is 6.65. The Bertz CT molecular complexity index is 1510. The summed E-state index contributed by atoms with van der Waals surface area (Å²) >= 11 is 0. The van der Waals surface area contributed by atoms with Gasteiger partial charge in [0.1, 0.15) is 25.6 Å². The largest absolute Gasteiger partial charge is 0.457 e. The SMILES string of the molecule is CN(C)c1ccc(C(/C=C2\C=C(c3ccccc3)C=C(c3ccccc3)O2)=C2C=CC(=[N+](C)C)C=C2)cc1. The van der Waals surface area contributed by atoms with Crippen molar-refractivity contribution in [2.45, 2.75) is 0 Å². The third-order valence-corrected chi connectivity index (χ3v) is 6.65. The van der Waals surface area contributed by atoms with E-state index in [1.54, 1.807) is 0 Å². The first-order valence-electron chi connectivity index (χ1n) is 12.8. The normalized spacial score (nSPS) is 15.6. The van der Waals surface area contributed by atoms with Gasteiger partial charge in [0, 0.05) is 37.5 Å². The van der Waals surface area contributed by atoms with E-state index >= 15 is 0 Å². The molecule has 0 saturated carbocycles. The fourth-order valence-corrected chi connectivity index (χ4v) is 4.49. The van der Waals surface area contributed by atoms with Crippen LogP contribution in [0.3, 0.4) is 0 Å². The molecule has 0 saturated heterocycles. The lowest BCUT2D eigenvalue weighted by Crippen LogP contribution is -2.10. The van der Waals surface area contributed by atoms with Crippen LogP contribution in [-0.2, 0) is 4.74 Å². The van der Waals surface area contributed by atoms with Crippen LogP contribution in [0.2, 0.25) is 0 Å². The van der Waals surface area contributed by atoms with Gasteiger partial charge in [0.05, 0.1) is 0 Å². The standard InChI is InChI=1S/C35H33N2O/c1-36(2)31-19-15-27(16-20-31)34(28-17-21-32(22-18-28)37(3)4)25-33-23-30(26-11-7-5-8-12-26)24-35(38-33)29-13-9-6-10-14-29/h5-25H,1-4H3/q+1/b33-25+. The Kier molecular flexibility index (Phi) is 7.37. The molecule has 3 aromatic rings. The van der Waals surface area contributed by atoms with E-state index in [0.29, 0.717) is 0 Å². The summed E-state index contributed by atoms with van der Waals surface area (Å²) in [6.07, 6.45) is 15.1. The number of benzene rings is 3. The Labute approximate surface area is 226 Å². The van der Waals surface area contributed by atoms with Crippen LogP contribution < -0.4 is 4.90 Å². The number of ether oxygens (including phenoxy) is 1. The highest BCUT2D eigenvalue weighted by molar-refractivity contribution is 6.03. The lowest BCUT2D eigenvalue weighted by molar-refractivity contribution is -0.462. The molecule has 0 atom stereocenters. The molecule has 188 valence electrons.